The van der Waals surface area contributed by atoms with Crippen LogP contribution in [0.3, 0.4) is 0 Å². The summed E-state index contributed by atoms with van der Waals surface area (Å²) in [6.45, 7) is 0.461. The van der Waals surface area contributed by atoms with E-state index in [1.807, 2.05) is 91.0 Å². The first-order valence-electron chi connectivity index (χ1n) is 9.39. The fourth-order valence-corrected chi connectivity index (χ4v) is 5.74. The first kappa shape index (κ1) is 19.3. The zero-order chi connectivity index (χ0) is 20.1. The molecule has 4 heteroatoms. The Bertz CT molecular complexity index is 1030. The third kappa shape index (κ3) is 4.52. The van der Waals surface area contributed by atoms with Crippen molar-refractivity contribution >= 4 is 29.5 Å². The van der Waals surface area contributed by atoms with Gasteiger partial charge in [0, 0.05) is 17.9 Å². The molecule has 0 amide bonds. The van der Waals surface area contributed by atoms with Gasteiger partial charge in [0.15, 0.2) is 0 Å². The van der Waals surface area contributed by atoms with Crippen LogP contribution < -0.4 is 21.2 Å². The summed E-state index contributed by atoms with van der Waals surface area (Å²) in [7, 11) is -1.12. The highest BCUT2D eigenvalue weighted by atomic mass is 31.1. The highest BCUT2D eigenvalue weighted by Crippen LogP contribution is 2.37. The molecule has 0 radical (unpaired) electrons. The van der Waals surface area contributed by atoms with Gasteiger partial charge in [0.1, 0.15) is 11.6 Å². The van der Waals surface area contributed by atoms with E-state index in [1.54, 1.807) is 0 Å². The average Bonchev–Trinajstić information content (AvgIpc) is 2.75. The third-order valence-corrected chi connectivity index (χ3v) is 7.08. The predicted molar refractivity (Wildman–Crippen MR) is 119 cm³/mol. The fourth-order valence-electron chi connectivity index (χ4n) is 3.28. The van der Waals surface area contributed by atoms with E-state index < -0.39 is 19.6 Å². The highest BCUT2D eigenvalue weighted by Gasteiger charge is 2.23. The van der Waals surface area contributed by atoms with Crippen LogP contribution in [0, 0.1) is 11.6 Å². The van der Waals surface area contributed by atoms with Gasteiger partial charge in [0.2, 0.25) is 0 Å². The van der Waals surface area contributed by atoms with Gasteiger partial charge in [-0.25, -0.2) is 8.78 Å². The Labute approximate surface area is 170 Å². The number of nitrogens with one attached hydrogen (secondary N) is 1. The van der Waals surface area contributed by atoms with Crippen molar-refractivity contribution in [2.45, 2.75) is 6.54 Å². The molecule has 0 bridgehead atoms. The number of benzene rings is 4. The summed E-state index contributed by atoms with van der Waals surface area (Å²) in [6.07, 6.45) is 0. The van der Waals surface area contributed by atoms with Crippen molar-refractivity contribution in [2.24, 2.45) is 0 Å². The normalized spacial score (nSPS) is 10.9. The second-order valence-corrected chi connectivity index (χ2v) is 8.81. The molecular formula is C25H20F2NP. The summed E-state index contributed by atoms with van der Waals surface area (Å²) in [4.78, 5) is 0. The maximum absolute atomic E-state index is 14.9. The lowest BCUT2D eigenvalue weighted by atomic mass is 10.2. The topological polar surface area (TPSA) is 12.0 Å². The Hall–Kier alpha value is -3.03. The molecule has 0 fully saturated rings. The van der Waals surface area contributed by atoms with E-state index in [0.717, 1.165) is 22.2 Å². The molecule has 4 aromatic rings. The van der Waals surface area contributed by atoms with Crippen LogP contribution in [0.4, 0.5) is 14.5 Å². The van der Waals surface area contributed by atoms with Gasteiger partial charge in [0.05, 0.1) is 5.69 Å². The Morgan fingerprint density at radius 1 is 0.655 bits per heavy atom. The molecule has 1 N–H and O–H groups in total. The van der Waals surface area contributed by atoms with Gasteiger partial charge in [-0.15, -0.1) is 0 Å². The molecular weight excluding hydrogens is 383 g/mol. The Balaban J connectivity index is 1.82. The minimum atomic E-state index is -1.12. The predicted octanol–water partition coefficient (Wildman–Crippen LogP) is 5.34. The molecule has 144 valence electrons. The Kier molecular flexibility index (Phi) is 5.97. The molecule has 1 nitrogen and oxygen atoms in total. The molecule has 0 heterocycles. The molecule has 4 aromatic carbocycles. The molecule has 0 saturated heterocycles. The largest absolute Gasteiger partial charge is 0.378 e. The van der Waals surface area contributed by atoms with Crippen molar-refractivity contribution in [1.29, 1.82) is 0 Å². The van der Waals surface area contributed by atoms with Gasteiger partial charge in [-0.1, -0.05) is 91.0 Å². The number of halogens is 2. The van der Waals surface area contributed by atoms with Crippen molar-refractivity contribution in [1.82, 2.24) is 0 Å². The summed E-state index contributed by atoms with van der Waals surface area (Å²) in [5.41, 5.74) is 1.39. The number of anilines is 1. The first-order valence-corrected chi connectivity index (χ1v) is 10.7. The molecule has 29 heavy (non-hydrogen) atoms. The summed E-state index contributed by atoms with van der Waals surface area (Å²) in [5.74, 6) is -1.14. The first-order chi connectivity index (χ1) is 14.2. The summed E-state index contributed by atoms with van der Waals surface area (Å²) >= 11 is 0. The quantitative estimate of drug-likeness (QED) is 0.429. The molecule has 4 rings (SSSR count). The van der Waals surface area contributed by atoms with Gasteiger partial charge in [-0.3, -0.25) is 0 Å². The standard InChI is InChI=1S/C25H20F2NP/c26-20-16-23(27)25(28-18-19-10-4-1-5-11-19)24(17-20)29(21-12-6-2-7-13-21)22-14-8-3-9-15-22/h1-17,28H,18H2. The van der Waals surface area contributed by atoms with Gasteiger partial charge in [-0.2, -0.15) is 0 Å². The Morgan fingerprint density at radius 3 is 1.72 bits per heavy atom. The highest BCUT2D eigenvalue weighted by molar-refractivity contribution is 7.80. The molecule has 0 aliphatic carbocycles. The lowest BCUT2D eigenvalue weighted by Gasteiger charge is -2.23. The van der Waals surface area contributed by atoms with E-state index in [9.17, 15) is 8.78 Å². The average molecular weight is 403 g/mol. The number of rotatable bonds is 6. The van der Waals surface area contributed by atoms with Gasteiger partial charge < -0.3 is 5.32 Å². The lowest BCUT2D eigenvalue weighted by Crippen LogP contribution is -2.24. The van der Waals surface area contributed by atoms with Gasteiger partial charge in [-0.05, 0) is 30.2 Å². The molecule has 0 spiro atoms. The van der Waals surface area contributed by atoms with Crippen LogP contribution in [0.15, 0.2) is 103 Å². The number of hydrogen-bond donors (Lipinski definition) is 1. The van der Waals surface area contributed by atoms with Crippen LogP contribution in [0.1, 0.15) is 5.56 Å². The third-order valence-electron chi connectivity index (χ3n) is 4.62. The zero-order valence-electron chi connectivity index (χ0n) is 15.7. The maximum atomic E-state index is 14.9. The van der Waals surface area contributed by atoms with Crippen LogP contribution in [0.5, 0.6) is 0 Å². The second-order valence-electron chi connectivity index (χ2n) is 6.63. The second kappa shape index (κ2) is 8.98. The van der Waals surface area contributed by atoms with Crippen molar-refractivity contribution in [3.8, 4) is 0 Å². The van der Waals surface area contributed by atoms with Crippen molar-refractivity contribution in [3.05, 3.63) is 120 Å². The molecule has 0 unspecified atom stereocenters. The van der Waals surface area contributed by atoms with Crippen molar-refractivity contribution in [3.63, 3.8) is 0 Å². The Morgan fingerprint density at radius 2 is 1.17 bits per heavy atom. The van der Waals surface area contributed by atoms with Crippen LogP contribution in [-0.2, 0) is 6.54 Å². The number of hydrogen-bond acceptors (Lipinski definition) is 1. The van der Waals surface area contributed by atoms with E-state index in [2.05, 4.69) is 5.32 Å². The van der Waals surface area contributed by atoms with E-state index in [4.69, 9.17) is 0 Å². The molecule has 0 aliphatic rings. The van der Waals surface area contributed by atoms with E-state index in [-0.39, 0.29) is 0 Å². The minimum Gasteiger partial charge on any atom is -0.378 e. The molecule has 0 aromatic heterocycles. The van der Waals surface area contributed by atoms with E-state index in [1.165, 1.54) is 6.07 Å². The lowest BCUT2D eigenvalue weighted by molar-refractivity contribution is 0.587. The zero-order valence-corrected chi connectivity index (χ0v) is 16.6. The van der Waals surface area contributed by atoms with Gasteiger partial charge >= 0.3 is 0 Å². The van der Waals surface area contributed by atoms with E-state index >= 15 is 0 Å². The fraction of sp³-hybridized carbons (Fsp3) is 0.0400. The van der Waals surface area contributed by atoms with Crippen molar-refractivity contribution < 1.29 is 8.78 Å². The molecule has 0 saturated carbocycles. The van der Waals surface area contributed by atoms with Crippen LogP contribution >= 0.6 is 7.92 Å². The summed E-state index contributed by atoms with van der Waals surface area (Å²) in [5, 5.41) is 5.95. The SMILES string of the molecule is Fc1cc(F)c(NCc2ccccc2)c(P(c2ccccc2)c2ccccc2)c1. The summed E-state index contributed by atoms with van der Waals surface area (Å²) in [6, 6.07) is 32.0. The molecule has 0 aliphatic heterocycles. The van der Waals surface area contributed by atoms with Crippen molar-refractivity contribution in [2.75, 3.05) is 5.32 Å². The monoisotopic (exact) mass is 403 g/mol. The van der Waals surface area contributed by atoms with Crippen LogP contribution in [0.25, 0.3) is 0 Å². The van der Waals surface area contributed by atoms with Crippen LogP contribution in [-0.4, -0.2) is 0 Å². The maximum Gasteiger partial charge on any atom is 0.149 e. The smallest absolute Gasteiger partial charge is 0.149 e. The molecule has 0 atom stereocenters. The van der Waals surface area contributed by atoms with Crippen LogP contribution in [0.2, 0.25) is 0 Å². The minimum absolute atomic E-state index is 0.356. The van der Waals surface area contributed by atoms with E-state index in [0.29, 0.717) is 17.5 Å². The summed E-state index contributed by atoms with van der Waals surface area (Å²) < 4.78 is 29.2. The van der Waals surface area contributed by atoms with Gasteiger partial charge in [0.25, 0.3) is 0 Å².